The standard InChI is InChI=1S/C42H53N5O6/c1-30-26-33(27-31(2)39(30)52-29-32-8-4-3-5-9-32)28-38(40(48)45-17-13-35(14-18-45)44-22-24-51-25-23-44)53-42(50)46-19-15-36(16-20-46)47-21-12-34-10-6-7-11-37(34)43-41(47)49/h3-11,26-27,35-36,38H,12-25,28-29H2,1-2H3,(H,43,49)/t38-/m1/s1. The third kappa shape index (κ3) is 8.96. The van der Waals surface area contributed by atoms with Crippen LogP contribution in [0.25, 0.3) is 0 Å². The molecular formula is C42H53N5O6. The fourth-order valence-electron chi connectivity index (χ4n) is 8.40. The number of piperidine rings is 2. The van der Waals surface area contributed by atoms with Crippen LogP contribution in [0.5, 0.6) is 5.75 Å². The van der Waals surface area contributed by atoms with Crippen LogP contribution in [0.15, 0.2) is 66.7 Å². The van der Waals surface area contributed by atoms with Crippen molar-refractivity contribution in [2.24, 2.45) is 0 Å². The number of morpholine rings is 1. The summed E-state index contributed by atoms with van der Waals surface area (Å²) in [4.78, 5) is 49.2. The lowest BCUT2D eigenvalue weighted by molar-refractivity contribution is -0.142. The summed E-state index contributed by atoms with van der Waals surface area (Å²) < 4.78 is 18.0. The number of aryl methyl sites for hydroxylation is 2. The third-order valence-electron chi connectivity index (χ3n) is 11.3. The number of carbonyl (C=O) groups excluding carboxylic acids is 3. The maximum atomic E-state index is 14.2. The van der Waals surface area contributed by atoms with E-state index in [1.165, 1.54) is 0 Å². The molecule has 282 valence electrons. The van der Waals surface area contributed by atoms with Gasteiger partial charge in [-0.3, -0.25) is 9.69 Å². The van der Waals surface area contributed by atoms with Crippen molar-refractivity contribution in [2.45, 2.75) is 77.2 Å². The average molecular weight is 724 g/mol. The number of nitrogens with one attached hydrogen (secondary N) is 1. The number of carbonyl (C=O) groups is 3. The zero-order chi connectivity index (χ0) is 36.7. The molecule has 11 nitrogen and oxygen atoms in total. The minimum Gasteiger partial charge on any atom is -0.488 e. The molecule has 3 aromatic carbocycles. The molecule has 3 saturated heterocycles. The summed E-state index contributed by atoms with van der Waals surface area (Å²) in [5, 5.41) is 3.07. The SMILES string of the molecule is Cc1cc(C[C@@H](OC(=O)N2CCC(N3CCc4ccccc4NC3=O)CC2)C(=O)N2CCC(N3CCOCC3)CC2)cc(C)c1OCc1ccccc1. The lowest BCUT2D eigenvalue weighted by Crippen LogP contribution is -2.53. The second-order valence-corrected chi connectivity index (χ2v) is 14.9. The highest BCUT2D eigenvalue weighted by atomic mass is 16.6. The fraction of sp³-hybridized carbons (Fsp3) is 0.500. The molecule has 0 radical (unpaired) electrons. The molecule has 1 atom stereocenters. The molecule has 0 saturated carbocycles. The molecule has 0 bridgehead atoms. The Hall–Kier alpha value is -4.61. The lowest BCUT2D eigenvalue weighted by Gasteiger charge is -2.41. The Bertz CT molecular complexity index is 1710. The second-order valence-electron chi connectivity index (χ2n) is 14.9. The van der Waals surface area contributed by atoms with E-state index in [4.69, 9.17) is 14.2 Å². The molecule has 4 heterocycles. The van der Waals surface area contributed by atoms with Crippen LogP contribution in [0.2, 0.25) is 0 Å². The van der Waals surface area contributed by atoms with Gasteiger partial charge in [-0.1, -0.05) is 60.7 Å². The summed E-state index contributed by atoms with van der Waals surface area (Å²) in [6.07, 6.45) is 2.70. The zero-order valence-electron chi connectivity index (χ0n) is 31.1. The van der Waals surface area contributed by atoms with Gasteiger partial charge in [0.25, 0.3) is 5.91 Å². The predicted molar refractivity (Wildman–Crippen MR) is 203 cm³/mol. The van der Waals surface area contributed by atoms with Gasteiger partial charge in [-0.15, -0.1) is 0 Å². The molecule has 0 unspecified atom stereocenters. The lowest BCUT2D eigenvalue weighted by atomic mass is 9.98. The van der Waals surface area contributed by atoms with Crippen LogP contribution in [0.4, 0.5) is 15.3 Å². The summed E-state index contributed by atoms with van der Waals surface area (Å²) >= 11 is 0. The van der Waals surface area contributed by atoms with E-state index < -0.39 is 12.2 Å². The molecule has 4 aliphatic heterocycles. The van der Waals surface area contributed by atoms with Crippen LogP contribution in [0.3, 0.4) is 0 Å². The van der Waals surface area contributed by atoms with E-state index in [9.17, 15) is 14.4 Å². The Morgan fingerprint density at radius 2 is 1.43 bits per heavy atom. The fourth-order valence-corrected chi connectivity index (χ4v) is 8.40. The van der Waals surface area contributed by atoms with Crippen LogP contribution >= 0.6 is 0 Å². The largest absolute Gasteiger partial charge is 0.488 e. The number of urea groups is 1. The van der Waals surface area contributed by atoms with Crippen LogP contribution in [-0.2, 0) is 33.7 Å². The van der Waals surface area contributed by atoms with Crippen molar-refractivity contribution in [3.05, 3.63) is 94.5 Å². The van der Waals surface area contributed by atoms with Gasteiger partial charge in [-0.25, -0.2) is 9.59 Å². The Balaban J connectivity index is 1.01. The van der Waals surface area contributed by atoms with Crippen LogP contribution < -0.4 is 10.1 Å². The van der Waals surface area contributed by atoms with Gasteiger partial charge < -0.3 is 34.2 Å². The van der Waals surface area contributed by atoms with Crippen LogP contribution in [-0.4, -0.2) is 115 Å². The van der Waals surface area contributed by atoms with Gasteiger partial charge in [0.15, 0.2) is 6.10 Å². The van der Waals surface area contributed by atoms with Crippen LogP contribution in [0, 0.1) is 13.8 Å². The van der Waals surface area contributed by atoms with Gasteiger partial charge >= 0.3 is 12.1 Å². The number of hydrogen-bond donors (Lipinski definition) is 1. The highest BCUT2D eigenvalue weighted by Crippen LogP contribution is 2.29. The van der Waals surface area contributed by atoms with E-state index >= 15 is 0 Å². The summed E-state index contributed by atoms with van der Waals surface area (Å²) in [7, 11) is 0. The molecular weight excluding hydrogens is 670 g/mol. The second kappa shape index (κ2) is 17.0. The van der Waals surface area contributed by atoms with E-state index in [0.717, 1.165) is 84.8 Å². The smallest absolute Gasteiger partial charge is 0.410 e. The van der Waals surface area contributed by atoms with Crippen molar-refractivity contribution in [2.75, 3.05) is 64.3 Å². The number of likely N-dealkylation sites (tertiary alicyclic amines) is 2. The van der Waals surface area contributed by atoms with Gasteiger partial charge in [0.05, 0.1) is 13.2 Å². The Morgan fingerprint density at radius 3 is 2.15 bits per heavy atom. The monoisotopic (exact) mass is 723 g/mol. The molecule has 3 fully saturated rings. The summed E-state index contributed by atoms with van der Waals surface area (Å²) in [6.45, 7) is 10.7. The number of nitrogens with zero attached hydrogens (tertiary/aromatic N) is 4. The number of amides is 4. The molecule has 0 aliphatic carbocycles. The maximum absolute atomic E-state index is 14.2. The summed E-state index contributed by atoms with van der Waals surface area (Å²) in [5.41, 5.74) is 5.96. The third-order valence-corrected chi connectivity index (χ3v) is 11.3. The molecule has 1 N–H and O–H groups in total. The van der Waals surface area contributed by atoms with E-state index in [1.54, 1.807) is 4.90 Å². The van der Waals surface area contributed by atoms with E-state index in [2.05, 4.69) is 16.3 Å². The predicted octanol–water partition coefficient (Wildman–Crippen LogP) is 5.81. The summed E-state index contributed by atoms with van der Waals surface area (Å²) in [6, 6.07) is 22.4. The van der Waals surface area contributed by atoms with Crippen molar-refractivity contribution in [1.82, 2.24) is 19.6 Å². The topological polar surface area (TPSA) is 104 Å². The number of fused-ring (bicyclic) bond motifs is 1. The van der Waals surface area contributed by atoms with Gasteiger partial charge in [-0.2, -0.15) is 0 Å². The van der Waals surface area contributed by atoms with Gasteiger partial charge in [0.1, 0.15) is 12.4 Å². The van der Waals surface area contributed by atoms with Crippen molar-refractivity contribution in [3.8, 4) is 5.75 Å². The first-order valence-corrected chi connectivity index (χ1v) is 19.3. The number of ether oxygens (including phenoxy) is 3. The highest BCUT2D eigenvalue weighted by Gasteiger charge is 2.36. The maximum Gasteiger partial charge on any atom is 0.410 e. The summed E-state index contributed by atoms with van der Waals surface area (Å²) in [5.74, 6) is 0.682. The minimum absolute atomic E-state index is 0.0205. The Labute approximate surface area is 313 Å². The van der Waals surface area contributed by atoms with Crippen LogP contribution in [0.1, 0.15) is 53.5 Å². The highest BCUT2D eigenvalue weighted by molar-refractivity contribution is 5.91. The van der Waals surface area contributed by atoms with Gasteiger partial charge in [0, 0.05) is 70.0 Å². The van der Waals surface area contributed by atoms with Crippen molar-refractivity contribution in [3.63, 3.8) is 0 Å². The molecule has 7 rings (SSSR count). The minimum atomic E-state index is -0.954. The number of anilines is 1. The first kappa shape index (κ1) is 36.7. The van der Waals surface area contributed by atoms with E-state index in [-0.39, 0.29) is 24.4 Å². The van der Waals surface area contributed by atoms with E-state index in [1.807, 2.05) is 84.3 Å². The van der Waals surface area contributed by atoms with Gasteiger partial charge in [0.2, 0.25) is 0 Å². The van der Waals surface area contributed by atoms with Gasteiger partial charge in [-0.05, 0) is 79.8 Å². The molecule has 3 aromatic rings. The number of para-hydroxylation sites is 1. The average Bonchev–Trinajstić information content (AvgIpc) is 3.36. The number of benzene rings is 3. The molecule has 0 spiro atoms. The first-order valence-electron chi connectivity index (χ1n) is 19.3. The number of hydrogen-bond acceptors (Lipinski definition) is 7. The normalized spacial score (nSPS) is 19.6. The van der Waals surface area contributed by atoms with E-state index in [0.29, 0.717) is 58.2 Å². The molecule has 4 amide bonds. The van der Waals surface area contributed by atoms with Crippen molar-refractivity contribution >= 4 is 23.7 Å². The number of rotatable bonds is 9. The first-order chi connectivity index (χ1) is 25.8. The molecule has 0 aromatic heterocycles. The molecule has 11 heteroatoms. The Kier molecular flexibility index (Phi) is 11.8. The molecule has 4 aliphatic rings. The zero-order valence-corrected chi connectivity index (χ0v) is 31.1. The molecule has 53 heavy (non-hydrogen) atoms. The Morgan fingerprint density at radius 1 is 0.792 bits per heavy atom. The quantitative estimate of drug-likeness (QED) is 0.298. The van der Waals surface area contributed by atoms with Crippen molar-refractivity contribution in [1.29, 1.82) is 0 Å². The van der Waals surface area contributed by atoms with Crippen molar-refractivity contribution < 1.29 is 28.6 Å².